The van der Waals surface area contributed by atoms with Crippen LogP contribution in [0, 0.1) is 0 Å². The van der Waals surface area contributed by atoms with Crippen LogP contribution in [0.2, 0.25) is 5.02 Å². The van der Waals surface area contributed by atoms with Crippen LogP contribution in [0.1, 0.15) is 26.3 Å². The summed E-state index contributed by atoms with van der Waals surface area (Å²) in [5.41, 5.74) is 0.720. The highest BCUT2D eigenvalue weighted by molar-refractivity contribution is 7.85. The van der Waals surface area contributed by atoms with Gasteiger partial charge in [0.15, 0.2) is 0 Å². The summed E-state index contributed by atoms with van der Waals surface area (Å²) in [5.74, 6) is 0.545. The molecule has 5 heteroatoms. The van der Waals surface area contributed by atoms with E-state index in [0.29, 0.717) is 10.8 Å². The van der Waals surface area contributed by atoms with Crippen LogP contribution in [0.4, 0.5) is 0 Å². The second-order valence-electron chi connectivity index (χ2n) is 4.46. The van der Waals surface area contributed by atoms with Gasteiger partial charge in [-0.15, -0.1) is 0 Å². The highest BCUT2D eigenvalue weighted by atomic mass is 35.5. The first-order chi connectivity index (χ1) is 7.86. The molecule has 0 aliphatic rings. The molecular formula is C12H16ClNO2S. The van der Waals surface area contributed by atoms with E-state index >= 15 is 0 Å². The van der Waals surface area contributed by atoms with Crippen molar-refractivity contribution < 1.29 is 8.95 Å². The zero-order chi connectivity index (χ0) is 13.1. The molecule has 1 rings (SSSR count). The van der Waals surface area contributed by atoms with Gasteiger partial charge in [-0.3, -0.25) is 0 Å². The van der Waals surface area contributed by atoms with Gasteiger partial charge in [-0.25, -0.2) is 4.21 Å². The minimum absolute atomic E-state index is 0.373. The molecule has 0 radical (unpaired) electrons. The van der Waals surface area contributed by atoms with E-state index in [1.54, 1.807) is 19.2 Å². The number of rotatable bonds is 3. The van der Waals surface area contributed by atoms with E-state index in [9.17, 15) is 4.21 Å². The Kier molecular flexibility index (Phi) is 4.71. The minimum Gasteiger partial charge on any atom is -0.495 e. The van der Waals surface area contributed by atoms with Crippen LogP contribution >= 0.6 is 11.6 Å². The van der Waals surface area contributed by atoms with Crippen molar-refractivity contribution in [3.05, 3.63) is 28.8 Å². The predicted octanol–water partition coefficient (Wildman–Crippen LogP) is 3.23. The predicted molar refractivity (Wildman–Crippen MR) is 73.5 cm³/mol. The van der Waals surface area contributed by atoms with E-state index in [1.807, 2.05) is 26.8 Å². The monoisotopic (exact) mass is 273 g/mol. The van der Waals surface area contributed by atoms with Crippen LogP contribution in [0.3, 0.4) is 0 Å². The fraction of sp³-hybridized carbons (Fsp3) is 0.417. The maximum atomic E-state index is 11.8. The fourth-order valence-electron chi connectivity index (χ4n) is 1.11. The van der Waals surface area contributed by atoms with Crippen molar-refractivity contribution in [2.24, 2.45) is 4.40 Å². The van der Waals surface area contributed by atoms with Gasteiger partial charge in [0.2, 0.25) is 0 Å². The first-order valence-corrected chi connectivity index (χ1v) is 6.63. The number of ether oxygens (including phenoxy) is 1. The van der Waals surface area contributed by atoms with Gasteiger partial charge in [0.25, 0.3) is 0 Å². The number of benzene rings is 1. The Hall–Kier alpha value is -0.870. The number of hydrogen-bond acceptors (Lipinski definition) is 2. The maximum Gasteiger partial charge on any atom is 0.146 e. The van der Waals surface area contributed by atoms with Gasteiger partial charge in [0.1, 0.15) is 16.7 Å². The lowest BCUT2D eigenvalue weighted by Gasteiger charge is -2.13. The summed E-state index contributed by atoms with van der Waals surface area (Å²) >= 11 is 5.97. The van der Waals surface area contributed by atoms with Crippen molar-refractivity contribution in [1.29, 1.82) is 0 Å². The Morgan fingerprint density at radius 2 is 2.06 bits per heavy atom. The van der Waals surface area contributed by atoms with Crippen LogP contribution in [0.15, 0.2) is 22.6 Å². The molecule has 0 saturated heterocycles. The van der Waals surface area contributed by atoms with Crippen LogP contribution in [-0.4, -0.2) is 22.3 Å². The molecule has 1 aromatic carbocycles. The molecule has 0 fully saturated rings. The summed E-state index contributed by atoms with van der Waals surface area (Å²) in [7, 11) is 0.257. The van der Waals surface area contributed by atoms with Crippen LogP contribution < -0.4 is 4.74 Å². The summed E-state index contributed by atoms with van der Waals surface area (Å²) < 4.78 is 20.6. The standard InChI is InChI=1S/C12H16ClNO2S/c1-12(2,3)17(15)14-8-9-6-5-7-10(13)11(9)16-4/h5-8H,1-4H3/t17-/m0/s1. The number of nitrogens with zero attached hydrogens (tertiary/aromatic N) is 1. The summed E-state index contributed by atoms with van der Waals surface area (Å²) in [6, 6.07) is 5.35. The van der Waals surface area contributed by atoms with Crippen molar-refractivity contribution in [3.63, 3.8) is 0 Å². The van der Waals surface area contributed by atoms with Crippen LogP contribution in [0.5, 0.6) is 5.75 Å². The second kappa shape index (κ2) is 5.65. The topological polar surface area (TPSA) is 38.7 Å². The molecule has 94 valence electrons. The number of methoxy groups -OCH3 is 1. The van der Waals surface area contributed by atoms with E-state index in [2.05, 4.69) is 4.40 Å². The molecule has 1 atom stereocenters. The van der Waals surface area contributed by atoms with E-state index < -0.39 is 11.0 Å². The SMILES string of the molecule is COc1c(Cl)cccc1C=N[S@@](=O)C(C)(C)C. The van der Waals surface area contributed by atoms with E-state index in [4.69, 9.17) is 16.3 Å². The molecule has 3 nitrogen and oxygen atoms in total. The first-order valence-electron chi connectivity index (χ1n) is 5.15. The lowest BCUT2D eigenvalue weighted by molar-refractivity contribution is 0.414. The third kappa shape index (κ3) is 3.82. The fourth-order valence-corrected chi connectivity index (χ4v) is 1.89. The lowest BCUT2D eigenvalue weighted by atomic mass is 10.2. The van der Waals surface area contributed by atoms with Gasteiger partial charge < -0.3 is 4.74 Å². The molecule has 0 spiro atoms. The average molecular weight is 274 g/mol. The van der Waals surface area contributed by atoms with Crippen molar-refractivity contribution in [2.75, 3.05) is 7.11 Å². The number of halogens is 1. The van der Waals surface area contributed by atoms with Gasteiger partial charge >= 0.3 is 0 Å². The minimum atomic E-state index is -1.28. The smallest absolute Gasteiger partial charge is 0.146 e. The molecule has 0 heterocycles. The van der Waals surface area contributed by atoms with Gasteiger partial charge in [-0.1, -0.05) is 17.7 Å². The molecular weight excluding hydrogens is 258 g/mol. The second-order valence-corrected chi connectivity index (χ2v) is 6.80. The molecule has 0 bridgehead atoms. The Balaban J connectivity index is 3.00. The highest BCUT2D eigenvalue weighted by Gasteiger charge is 2.18. The molecule has 0 aromatic heterocycles. The molecule has 0 saturated carbocycles. The molecule has 0 aliphatic heterocycles. The molecule has 0 amide bonds. The van der Waals surface area contributed by atoms with Crippen molar-refractivity contribution in [1.82, 2.24) is 0 Å². The molecule has 0 N–H and O–H groups in total. The molecule has 0 unspecified atom stereocenters. The molecule has 17 heavy (non-hydrogen) atoms. The first kappa shape index (κ1) is 14.2. The normalized spacial score (nSPS) is 13.9. The summed E-state index contributed by atoms with van der Waals surface area (Å²) in [4.78, 5) is 0. The van der Waals surface area contributed by atoms with E-state index in [0.717, 1.165) is 5.56 Å². The van der Waals surface area contributed by atoms with Gasteiger partial charge in [0, 0.05) is 11.8 Å². The van der Waals surface area contributed by atoms with Crippen molar-refractivity contribution >= 4 is 28.8 Å². The summed E-state index contributed by atoms with van der Waals surface area (Å²) in [5, 5.41) is 0.512. The van der Waals surface area contributed by atoms with Crippen molar-refractivity contribution in [3.8, 4) is 5.75 Å². The molecule has 0 aliphatic carbocycles. The zero-order valence-electron chi connectivity index (χ0n) is 10.4. The Morgan fingerprint density at radius 3 is 2.59 bits per heavy atom. The van der Waals surface area contributed by atoms with Gasteiger partial charge in [-0.05, 0) is 32.9 Å². The Labute approximate surface area is 109 Å². The van der Waals surface area contributed by atoms with E-state index in [1.165, 1.54) is 6.21 Å². The van der Waals surface area contributed by atoms with Crippen LogP contribution in [0.25, 0.3) is 0 Å². The summed E-state index contributed by atoms with van der Waals surface area (Å²) in [6.07, 6.45) is 1.53. The third-order valence-corrected chi connectivity index (χ3v) is 3.66. The maximum absolute atomic E-state index is 11.8. The summed E-state index contributed by atoms with van der Waals surface area (Å²) in [6.45, 7) is 5.61. The van der Waals surface area contributed by atoms with E-state index in [-0.39, 0.29) is 4.75 Å². The molecule has 1 aromatic rings. The zero-order valence-corrected chi connectivity index (χ0v) is 11.9. The number of para-hydroxylation sites is 1. The third-order valence-electron chi connectivity index (χ3n) is 2.01. The Bertz CT molecular complexity index is 452. The highest BCUT2D eigenvalue weighted by Crippen LogP contribution is 2.27. The Morgan fingerprint density at radius 1 is 1.41 bits per heavy atom. The average Bonchev–Trinajstić information content (AvgIpc) is 2.24. The number of hydrogen-bond donors (Lipinski definition) is 0. The van der Waals surface area contributed by atoms with Gasteiger partial charge in [0.05, 0.1) is 16.9 Å². The quantitative estimate of drug-likeness (QED) is 0.793. The largest absolute Gasteiger partial charge is 0.495 e. The van der Waals surface area contributed by atoms with Gasteiger partial charge in [-0.2, -0.15) is 4.40 Å². The lowest BCUT2D eigenvalue weighted by Crippen LogP contribution is -2.19. The van der Waals surface area contributed by atoms with Crippen LogP contribution in [-0.2, 0) is 11.0 Å². The van der Waals surface area contributed by atoms with Crippen molar-refractivity contribution in [2.45, 2.75) is 25.5 Å².